The highest BCUT2D eigenvalue weighted by Gasteiger charge is 2.24. The summed E-state index contributed by atoms with van der Waals surface area (Å²) in [5.74, 6) is 2.25. The quantitative estimate of drug-likeness (QED) is 0.878. The highest BCUT2D eigenvalue weighted by molar-refractivity contribution is 7.99. The smallest absolute Gasteiger partial charge is 0.126 e. The van der Waals surface area contributed by atoms with Crippen LogP contribution in [0, 0.1) is 6.92 Å². The number of nitrogens with zero attached hydrogens (tertiary/aromatic N) is 1. The molecule has 2 atom stereocenters. The van der Waals surface area contributed by atoms with Crippen LogP contribution in [0.1, 0.15) is 38.3 Å². The van der Waals surface area contributed by atoms with Crippen molar-refractivity contribution in [1.29, 1.82) is 0 Å². The summed E-state index contributed by atoms with van der Waals surface area (Å²) < 4.78 is 0. The summed E-state index contributed by atoms with van der Waals surface area (Å²) in [6.07, 6.45) is 5.37. The number of thioether (sulfide) groups is 1. The van der Waals surface area contributed by atoms with Gasteiger partial charge >= 0.3 is 0 Å². The van der Waals surface area contributed by atoms with Crippen LogP contribution in [0.15, 0.2) is 18.2 Å². The van der Waals surface area contributed by atoms with Crippen LogP contribution in [0.5, 0.6) is 0 Å². The van der Waals surface area contributed by atoms with Crippen molar-refractivity contribution in [2.24, 2.45) is 0 Å². The lowest BCUT2D eigenvalue weighted by atomic mass is 9.95. The molecule has 1 N–H and O–H groups in total. The summed E-state index contributed by atoms with van der Waals surface area (Å²) >= 11 is 2.09. The molecule has 1 aliphatic rings. The summed E-state index contributed by atoms with van der Waals surface area (Å²) in [7, 11) is 0. The van der Waals surface area contributed by atoms with E-state index >= 15 is 0 Å². The zero-order chi connectivity index (χ0) is 12.1. The fraction of sp³-hybridized carbons (Fsp3) is 0.643. The van der Waals surface area contributed by atoms with Gasteiger partial charge in [-0.2, -0.15) is 11.8 Å². The lowest BCUT2D eigenvalue weighted by Gasteiger charge is -2.32. The molecule has 2 nitrogen and oxygen atoms in total. The molecule has 1 aliphatic carbocycles. The topological polar surface area (TPSA) is 24.9 Å². The summed E-state index contributed by atoms with van der Waals surface area (Å²) in [6.45, 7) is 4.30. The average molecular weight is 250 g/mol. The first-order valence-corrected chi connectivity index (χ1v) is 7.66. The molecular weight excluding hydrogens is 228 g/mol. The van der Waals surface area contributed by atoms with Gasteiger partial charge in [0.2, 0.25) is 0 Å². The first-order valence-electron chi connectivity index (χ1n) is 6.61. The van der Waals surface area contributed by atoms with Gasteiger partial charge in [0.05, 0.1) is 0 Å². The number of aryl methyl sites for hydroxylation is 1. The van der Waals surface area contributed by atoms with Crippen molar-refractivity contribution in [3.05, 3.63) is 23.9 Å². The zero-order valence-electron chi connectivity index (χ0n) is 10.8. The highest BCUT2D eigenvalue weighted by Crippen LogP contribution is 2.30. The monoisotopic (exact) mass is 250 g/mol. The van der Waals surface area contributed by atoms with Gasteiger partial charge in [0.15, 0.2) is 0 Å². The fourth-order valence-corrected chi connectivity index (χ4v) is 3.69. The van der Waals surface area contributed by atoms with Crippen molar-refractivity contribution in [2.45, 2.75) is 50.8 Å². The van der Waals surface area contributed by atoms with E-state index in [1.54, 1.807) is 0 Å². The second-order valence-corrected chi connectivity index (χ2v) is 6.21. The van der Waals surface area contributed by atoms with E-state index in [4.69, 9.17) is 0 Å². The predicted octanol–water partition coefficient (Wildman–Crippen LogP) is 3.87. The largest absolute Gasteiger partial charge is 0.366 e. The Morgan fingerprint density at radius 1 is 1.35 bits per heavy atom. The first-order chi connectivity index (χ1) is 8.29. The zero-order valence-corrected chi connectivity index (χ0v) is 11.6. The van der Waals surface area contributed by atoms with Crippen molar-refractivity contribution >= 4 is 17.6 Å². The van der Waals surface area contributed by atoms with E-state index in [1.165, 1.54) is 31.4 Å². The van der Waals surface area contributed by atoms with E-state index < -0.39 is 0 Å². The van der Waals surface area contributed by atoms with Crippen molar-refractivity contribution in [3.63, 3.8) is 0 Å². The van der Waals surface area contributed by atoms with Crippen LogP contribution in [0.3, 0.4) is 0 Å². The van der Waals surface area contributed by atoms with Crippen LogP contribution < -0.4 is 5.32 Å². The van der Waals surface area contributed by atoms with Gasteiger partial charge in [-0.25, -0.2) is 4.98 Å². The second kappa shape index (κ2) is 6.29. The first kappa shape index (κ1) is 12.7. The van der Waals surface area contributed by atoms with Crippen LogP contribution in [0.25, 0.3) is 0 Å². The molecule has 3 heteroatoms. The molecule has 17 heavy (non-hydrogen) atoms. The van der Waals surface area contributed by atoms with Gasteiger partial charge in [-0.1, -0.05) is 25.8 Å². The van der Waals surface area contributed by atoms with Crippen LogP contribution in [0.2, 0.25) is 0 Å². The van der Waals surface area contributed by atoms with E-state index in [2.05, 4.69) is 41.1 Å². The maximum Gasteiger partial charge on any atom is 0.126 e. The van der Waals surface area contributed by atoms with Gasteiger partial charge in [-0.15, -0.1) is 0 Å². The minimum Gasteiger partial charge on any atom is -0.366 e. The number of hydrogen-bond acceptors (Lipinski definition) is 3. The number of rotatable bonds is 4. The fourth-order valence-electron chi connectivity index (χ4n) is 2.49. The number of nitrogens with one attached hydrogen (secondary N) is 1. The molecule has 0 saturated heterocycles. The third kappa shape index (κ3) is 3.63. The number of pyridine rings is 1. The lowest BCUT2D eigenvalue weighted by Crippen LogP contribution is -2.34. The van der Waals surface area contributed by atoms with Gasteiger partial charge in [-0.3, -0.25) is 0 Å². The molecule has 1 aromatic heterocycles. The molecule has 94 valence electrons. The van der Waals surface area contributed by atoms with Crippen LogP contribution in [-0.4, -0.2) is 22.0 Å². The van der Waals surface area contributed by atoms with Crippen molar-refractivity contribution in [2.75, 3.05) is 11.1 Å². The van der Waals surface area contributed by atoms with Crippen molar-refractivity contribution in [1.82, 2.24) is 4.98 Å². The minimum absolute atomic E-state index is 0.600. The Hall–Kier alpha value is -0.700. The third-order valence-corrected chi connectivity index (χ3v) is 4.63. The Labute approximate surface area is 109 Å². The SMILES string of the molecule is CCSC1CCCCC1Nc1cccc(C)n1. The Balaban J connectivity index is 2.00. The molecular formula is C14H22N2S. The molecule has 0 spiro atoms. The van der Waals surface area contributed by atoms with E-state index in [1.807, 2.05) is 13.0 Å². The standard InChI is InChI=1S/C14H22N2S/c1-3-17-13-9-5-4-8-12(13)16-14-10-6-7-11(2)15-14/h6-7,10,12-13H,3-5,8-9H2,1-2H3,(H,15,16). The predicted molar refractivity (Wildman–Crippen MR) is 76.8 cm³/mol. The molecule has 2 unspecified atom stereocenters. The van der Waals surface area contributed by atoms with Gasteiger partial charge < -0.3 is 5.32 Å². The highest BCUT2D eigenvalue weighted by atomic mass is 32.2. The van der Waals surface area contributed by atoms with Crippen molar-refractivity contribution < 1.29 is 0 Å². The maximum absolute atomic E-state index is 4.54. The number of hydrogen-bond donors (Lipinski definition) is 1. The number of aromatic nitrogens is 1. The second-order valence-electron chi connectivity index (χ2n) is 4.69. The van der Waals surface area contributed by atoms with Gasteiger partial charge in [0.1, 0.15) is 5.82 Å². The Kier molecular flexibility index (Phi) is 4.72. The van der Waals surface area contributed by atoms with E-state index in [9.17, 15) is 0 Å². The maximum atomic E-state index is 4.54. The normalized spacial score (nSPS) is 24.6. The Morgan fingerprint density at radius 2 is 2.18 bits per heavy atom. The van der Waals surface area contributed by atoms with Gasteiger partial charge in [0, 0.05) is 17.0 Å². The molecule has 2 rings (SSSR count). The summed E-state index contributed by atoms with van der Waals surface area (Å²) in [5, 5.41) is 4.38. The van der Waals surface area contributed by atoms with E-state index in [0.717, 1.165) is 16.8 Å². The van der Waals surface area contributed by atoms with Crippen LogP contribution in [0.4, 0.5) is 5.82 Å². The molecule has 0 aliphatic heterocycles. The molecule has 1 saturated carbocycles. The molecule has 0 bridgehead atoms. The van der Waals surface area contributed by atoms with E-state index in [0.29, 0.717) is 6.04 Å². The summed E-state index contributed by atoms with van der Waals surface area (Å²) in [4.78, 5) is 4.54. The van der Waals surface area contributed by atoms with Gasteiger partial charge in [0.25, 0.3) is 0 Å². The molecule has 0 amide bonds. The molecule has 1 heterocycles. The Bertz CT molecular complexity index is 352. The molecule has 1 aromatic rings. The minimum atomic E-state index is 0.600. The lowest BCUT2D eigenvalue weighted by molar-refractivity contribution is 0.474. The molecule has 1 fully saturated rings. The van der Waals surface area contributed by atoms with Crippen LogP contribution in [-0.2, 0) is 0 Å². The van der Waals surface area contributed by atoms with Crippen LogP contribution >= 0.6 is 11.8 Å². The third-order valence-electron chi connectivity index (χ3n) is 3.30. The van der Waals surface area contributed by atoms with Crippen molar-refractivity contribution in [3.8, 4) is 0 Å². The van der Waals surface area contributed by atoms with E-state index in [-0.39, 0.29) is 0 Å². The summed E-state index contributed by atoms with van der Waals surface area (Å²) in [5.41, 5.74) is 1.09. The molecule has 0 aromatic carbocycles. The summed E-state index contributed by atoms with van der Waals surface area (Å²) in [6, 6.07) is 6.80. The average Bonchev–Trinajstić information content (AvgIpc) is 2.32. The van der Waals surface area contributed by atoms with Gasteiger partial charge in [-0.05, 0) is 37.7 Å². The molecule has 0 radical (unpaired) electrons. The number of anilines is 1. The Morgan fingerprint density at radius 3 is 2.94 bits per heavy atom.